The van der Waals surface area contributed by atoms with Gasteiger partial charge in [-0.2, -0.15) is 5.10 Å². The average molecular weight is 300 g/mol. The summed E-state index contributed by atoms with van der Waals surface area (Å²) in [6.07, 6.45) is 4.69. The van der Waals surface area contributed by atoms with Gasteiger partial charge in [-0.25, -0.2) is 9.97 Å². The van der Waals surface area contributed by atoms with Crippen molar-refractivity contribution in [2.45, 2.75) is 33.4 Å². The minimum atomic E-state index is 0.932. The maximum absolute atomic E-state index is 4.56. The molecule has 22 heavy (non-hydrogen) atoms. The average Bonchev–Trinajstić information content (AvgIpc) is 3.03. The molecule has 3 heterocycles. The van der Waals surface area contributed by atoms with Crippen molar-refractivity contribution in [3.8, 4) is 0 Å². The molecule has 3 rings (SSSR count). The Kier molecular flexibility index (Phi) is 4.68. The number of hydrogen-bond acceptors (Lipinski definition) is 5. The molecule has 2 aromatic heterocycles. The van der Waals surface area contributed by atoms with Gasteiger partial charge in [-0.3, -0.25) is 9.58 Å². The fourth-order valence-corrected chi connectivity index (χ4v) is 2.78. The highest BCUT2D eigenvalue weighted by atomic mass is 15.3. The van der Waals surface area contributed by atoms with Gasteiger partial charge in [-0.05, 0) is 19.4 Å². The predicted octanol–water partition coefficient (Wildman–Crippen LogP) is 1.58. The third-order valence-corrected chi connectivity index (χ3v) is 4.17. The number of anilines is 1. The molecule has 1 aliphatic heterocycles. The number of nitrogens with zero attached hydrogens (tertiary/aromatic N) is 6. The Balaban J connectivity index is 1.55. The van der Waals surface area contributed by atoms with Crippen LogP contribution in [0.25, 0.3) is 0 Å². The van der Waals surface area contributed by atoms with Crippen LogP contribution in [0.1, 0.15) is 25.2 Å². The zero-order valence-electron chi connectivity index (χ0n) is 13.4. The fourth-order valence-electron chi connectivity index (χ4n) is 2.78. The lowest BCUT2D eigenvalue weighted by Crippen LogP contribution is -2.46. The van der Waals surface area contributed by atoms with Crippen LogP contribution in [0.4, 0.5) is 5.82 Å². The van der Waals surface area contributed by atoms with Gasteiger partial charge in [0.2, 0.25) is 0 Å². The number of rotatable bonds is 5. The summed E-state index contributed by atoms with van der Waals surface area (Å²) in [5.74, 6) is 1.06. The summed E-state index contributed by atoms with van der Waals surface area (Å²) >= 11 is 0. The molecule has 0 atom stereocenters. The number of hydrogen-bond donors (Lipinski definition) is 0. The molecule has 0 amide bonds. The van der Waals surface area contributed by atoms with Crippen molar-refractivity contribution >= 4 is 5.82 Å². The second-order valence-electron chi connectivity index (χ2n) is 5.65. The Morgan fingerprint density at radius 2 is 1.86 bits per heavy atom. The van der Waals surface area contributed by atoms with Crippen molar-refractivity contribution in [3.63, 3.8) is 0 Å². The van der Waals surface area contributed by atoms with E-state index in [2.05, 4.69) is 57.0 Å². The van der Waals surface area contributed by atoms with E-state index < -0.39 is 0 Å². The maximum atomic E-state index is 4.56. The SMILES string of the molecule is CCc1cc(N2CCN(Cc3ccn(CC)n3)CC2)ncn1. The van der Waals surface area contributed by atoms with E-state index in [0.717, 1.165) is 62.9 Å². The van der Waals surface area contributed by atoms with E-state index in [1.54, 1.807) is 6.33 Å². The van der Waals surface area contributed by atoms with Gasteiger partial charge in [0.1, 0.15) is 12.1 Å². The summed E-state index contributed by atoms with van der Waals surface area (Å²) in [4.78, 5) is 13.5. The lowest BCUT2D eigenvalue weighted by molar-refractivity contribution is 0.245. The molecule has 118 valence electrons. The second kappa shape index (κ2) is 6.87. The van der Waals surface area contributed by atoms with Crippen molar-refractivity contribution < 1.29 is 0 Å². The Hall–Kier alpha value is -1.95. The van der Waals surface area contributed by atoms with Crippen LogP contribution < -0.4 is 4.90 Å². The Morgan fingerprint density at radius 1 is 1.05 bits per heavy atom. The second-order valence-corrected chi connectivity index (χ2v) is 5.65. The first-order valence-electron chi connectivity index (χ1n) is 8.09. The number of aryl methyl sites for hydroxylation is 2. The van der Waals surface area contributed by atoms with Crippen LogP contribution in [0.2, 0.25) is 0 Å². The summed E-state index contributed by atoms with van der Waals surface area (Å²) in [5.41, 5.74) is 2.27. The zero-order chi connectivity index (χ0) is 15.4. The van der Waals surface area contributed by atoms with E-state index in [-0.39, 0.29) is 0 Å². The van der Waals surface area contributed by atoms with Gasteiger partial charge in [0.25, 0.3) is 0 Å². The summed E-state index contributed by atoms with van der Waals surface area (Å²) in [5, 5.41) is 4.56. The zero-order valence-corrected chi connectivity index (χ0v) is 13.4. The molecule has 0 aliphatic carbocycles. The van der Waals surface area contributed by atoms with Crippen LogP contribution >= 0.6 is 0 Å². The molecule has 6 nitrogen and oxygen atoms in total. The first kappa shape index (κ1) is 15.0. The Bertz CT molecular complexity index is 600. The highest BCUT2D eigenvalue weighted by molar-refractivity contribution is 5.39. The smallest absolute Gasteiger partial charge is 0.132 e. The van der Waals surface area contributed by atoms with Gasteiger partial charge in [0, 0.05) is 57.2 Å². The first-order valence-corrected chi connectivity index (χ1v) is 8.09. The molecule has 2 aromatic rings. The van der Waals surface area contributed by atoms with Crippen molar-refractivity contribution in [2.24, 2.45) is 0 Å². The molecule has 1 aliphatic rings. The molecule has 0 unspecified atom stereocenters. The van der Waals surface area contributed by atoms with Crippen molar-refractivity contribution in [1.29, 1.82) is 0 Å². The monoisotopic (exact) mass is 300 g/mol. The minimum absolute atomic E-state index is 0.932. The number of aromatic nitrogens is 4. The van der Waals surface area contributed by atoms with Crippen LogP contribution in [0.15, 0.2) is 24.7 Å². The van der Waals surface area contributed by atoms with E-state index in [1.807, 2.05) is 4.68 Å². The van der Waals surface area contributed by atoms with Crippen LogP contribution in [-0.2, 0) is 19.5 Å². The van der Waals surface area contributed by atoms with Crippen molar-refractivity contribution in [2.75, 3.05) is 31.1 Å². The van der Waals surface area contributed by atoms with Gasteiger partial charge >= 0.3 is 0 Å². The molecule has 0 saturated carbocycles. The highest BCUT2D eigenvalue weighted by Gasteiger charge is 2.19. The van der Waals surface area contributed by atoms with E-state index in [4.69, 9.17) is 0 Å². The molecule has 0 bridgehead atoms. The first-order chi connectivity index (χ1) is 10.8. The Morgan fingerprint density at radius 3 is 2.55 bits per heavy atom. The molecule has 1 saturated heterocycles. The molecule has 0 N–H and O–H groups in total. The van der Waals surface area contributed by atoms with Gasteiger partial charge in [0.15, 0.2) is 0 Å². The van der Waals surface area contributed by atoms with E-state index in [1.165, 1.54) is 0 Å². The third kappa shape index (κ3) is 3.44. The molecule has 0 radical (unpaired) electrons. The van der Waals surface area contributed by atoms with Crippen molar-refractivity contribution in [1.82, 2.24) is 24.6 Å². The lowest BCUT2D eigenvalue weighted by atomic mass is 10.2. The van der Waals surface area contributed by atoms with Crippen molar-refractivity contribution in [3.05, 3.63) is 36.0 Å². The summed E-state index contributed by atoms with van der Waals surface area (Å²) in [7, 11) is 0. The maximum Gasteiger partial charge on any atom is 0.132 e. The van der Waals surface area contributed by atoms with E-state index in [9.17, 15) is 0 Å². The summed E-state index contributed by atoms with van der Waals surface area (Å²) < 4.78 is 1.98. The van der Waals surface area contributed by atoms with E-state index >= 15 is 0 Å². The molecule has 1 fully saturated rings. The number of piperazine rings is 1. The quantitative estimate of drug-likeness (QED) is 0.839. The third-order valence-electron chi connectivity index (χ3n) is 4.17. The molecular weight excluding hydrogens is 276 g/mol. The van der Waals surface area contributed by atoms with Crippen LogP contribution in [0, 0.1) is 0 Å². The standard InChI is InChI=1S/C16H24N6/c1-3-14-11-16(18-13-17-14)21-9-7-20(8-10-21)12-15-5-6-22(4-2)19-15/h5-6,11,13H,3-4,7-10,12H2,1-2H3. The van der Waals surface area contributed by atoms with Crippen LogP contribution in [-0.4, -0.2) is 50.8 Å². The van der Waals surface area contributed by atoms with Gasteiger partial charge in [-0.1, -0.05) is 6.92 Å². The summed E-state index contributed by atoms with van der Waals surface area (Å²) in [6.45, 7) is 10.2. The van der Waals surface area contributed by atoms with Gasteiger partial charge in [-0.15, -0.1) is 0 Å². The van der Waals surface area contributed by atoms with Crippen LogP contribution in [0.5, 0.6) is 0 Å². The highest BCUT2D eigenvalue weighted by Crippen LogP contribution is 2.15. The molecule has 0 spiro atoms. The minimum Gasteiger partial charge on any atom is -0.354 e. The Labute approximate surface area is 131 Å². The lowest BCUT2D eigenvalue weighted by Gasteiger charge is -2.35. The van der Waals surface area contributed by atoms with Gasteiger partial charge in [0.05, 0.1) is 5.69 Å². The van der Waals surface area contributed by atoms with E-state index in [0.29, 0.717) is 0 Å². The summed E-state index contributed by atoms with van der Waals surface area (Å²) in [6, 6.07) is 4.23. The van der Waals surface area contributed by atoms with Crippen LogP contribution in [0.3, 0.4) is 0 Å². The topological polar surface area (TPSA) is 50.1 Å². The fraction of sp³-hybridized carbons (Fsp3) is 0.562. The normalized spacial score (nSPS) is 16.2. The predicted molar refractivity (Wildman–Crippen MR) is 86.8 cm³/mol. The molecular formula is C16H24N6. The molecule has 0 aromatic carbocycles. The van der Waals surface area contributed by atoms with Gasteiger partial charge < -0.3 is 4.90 Å². The molecule has 6 heteroatoms. The largest absolute Gasteiger partial charge is 0.354 e.